The lowest BCUT2D eigenvalue weighted by Crippen LogP contribution is -2.30. The molecule has 96 valence electrons. The van der Waals surface area contributed by atoms with Crippen LogP contribution < -0.4 is 0 Å². The first-order valence-corrected chi connectivity index (χ1v) is 5.84. The molecule has 0 fully saturated rings. The maximum Gasteiger partial charge on any atom is 0.414 e. The van der Waals surface area contributed by atoms with Gasteiger partial charge in [0.25, 0.3) is 0 Å². The molecule has 0 radical (unpaired) electrons. The lowest BCUT2D eigenvalue weighted by Gasteiger charge is -2.22. The van der Waals surface area contributed by atoms with Crippen molar-refractivity contribution in [3.05, 3.63) is 48.3 Å². The number of amides is 1. The van der Waals surface area contributed by atoms with Crippen molar-refractivity contribution in [3.8, 4) is 0 Å². The molecule has 0 spiro atoms. The van der Waals surface area contributed by atoms with Gasteiger partial charge >= 0.3 is 6.09 Å². The smallest absolute Gasteiger partial charge is 0.414 e. The fraction of sp³-hybridized carbons (Fsp3) is 0.231. The highest BCUT2D eigenvalue weighted by atomic mass is 35.5. The quantitative estimate of drug-likeness (QED) is 0.606. The Hall–Kier alpha value is -1.81. The third-order valence-electron chi connectivity index (χ3n) is 2.19. The van der Waals surface area contributed by atoms with Crippen molar-refractivity contribution in [3.63, 3.8) is 0 Å². The summed E-state index contributed by atoms with van der Waals surface area (Å²) in [5, 5.41) is 0.387. The van der Waals surface area contributed by atoms with E-state index >= 15 is 0 Å². The van der Waals surface area contributed by atoms with E-state index in [0.717, 1.165) is 0 Å². The fourth-order valence-electron chi connectivity index (χ4n) is 1.33. The van der Waals surface area contributed by atoms with Gasteiger partial charge in [0, 0.05) is 24.0 Å². The predicted octanol–water partition coefficient (Wildman–Crippen LogP) is 3.35. The monoisotopic (exact) mass is 266 g/mol. The topological polar surface area (TPSA) is 42.4 Å². The van der Waals surface area contributed by atoms with Crippen LogP contribution in [0.3, 0.4) is 0 Å². The molecule has 1 rings (SSSR count). The molecule has 0 aliphatic carbocycles. The Morgan fingerprint density at radius 3 is 2.83 bits per heavy atom. The number of pyridine rings is 1. The van der Waals surface area contributed by atoms with Crippen LogP contribution in [0.25, 0.3) is 5.70 Å². The van der Waals surface area contributed by atoms with E-state index in [0.29, 0.717) is 29.6 Å². The Labute approximate surface area is 112 Å². The predicted molar refractivity (Wildman–Crippen MR) is 72.2 cm³/mol. The molecule has 1 aromatic heterocycles. The maximum absolute atomic E-state index is 11.8. The molecule has 0 bridgehead atoms. The molecular formula is C13H15ClN2O2. The van der Waals surface area contributed by atoms with Crippen molar-refractivity contribution in [2.24, 2.45) is 0 Å². The number of nitrogens with zero attached hydrogens (tertiary/aromatic N) is 2. The van der Waals surface area contributed by atoms with Gasteiger partial charge in [0.15, 0.2) is 0 Å². The van der Waals surface area contributed by atoms with Gasteiger partial charge in [-0.3, -0.25) is 4.90 Å². The first-order chi connectivity index (χ1) is 8.60. The summed E-state index contributed by atoms with van der Waals surface area (Å²) in [7, 11) is 0. The lowest BCUT2D eigenvalue weighted by molar-refractivity contribution is 0.128. The van der Waals surface area contributed by atoms with E-state index in [1.54, 1.807) is 31.3 Å². The Morgan fingerprint density at radius 1 is 1.61 bits per heavy atom. The molecule has 0 aliphatic rings. The molecule has 4 nitrogen and oxygen atoms in total. The average Bonchev–Trinajstić information content (AvgIpc) is 2.36. The zero-order valence-electron chi connectivity index (χ0n) is 10.2. The molecule has 0 aromatic carbocycles. The van der Waals surface area contributed by atoms with Gasteiger partial charge in [-0.15, -0.1) is 6.58 Å². The molecule has 0 unspecified atom stereocenters. The van der Waals surface area contributed by atoms with Gasteiger partial charge < -0.3 is 4.74 Å². The number of carbonyl (C=O) groups is 1. The second kappa shape index (κ2) is 6.81. The van der Waals surface area contributed by atoms with Crippen LogP contribution in [0.2, 0.25) is 5.15 Å². The van der Waals surface area contributed by atoms with Crippen LogP contribution >= 0.6 is 11.6 Å². The van der Waals surface area contributed by atoms with Crippen molar-refractivity contribution in [1.29, 1.82) is 0 Å². The van der Waals surface area contributed by atoms with E-state index < -0.39 is 6.09 Å². The van der Waals surface area contributed by atoms with Gasteiger partial charge in [-0.25, -0.2) is 9.78 Å². The van der Waals surface area contributed by atoms with Crippen LogP contribution in [0.4, 0.5) is 4.79 Å². The number of hydrogen-bond acceptors (Lipinski definition) is 3. The summed E-state index contributed by atoms with van der Waals surface area (Å²) in [6, 6.07) is 3.38. The largest absolute Gasteiger partial charge is 0.449 e. The molecule has 0 aliphatic heterocycles. The Bertz CT molecular complexity index is 443. The van der Waals surface area contributed by atoms with Crippen molar-refractivity contribution in [2.75, 3.05) is 13.2 Å². The van der Waals surface area contributed by atoms with Crippen LogP contribution in [0.15, 0.2) is 37.6 Å². The van der Waals surface area contributed by atoms with Gasteiger partial charge in [0.1, 0.15) is 5.15 Å². The Kier molecular flexibility index (Phi) is 5.39. The summed E-state index contributed by atoms with van der Waals surface area (Å²) in [5.74, 6) is 0. The summed E-state index contributed by atoms with van der Waals surface area (Å²) >= 11 is 5.71. The van der Waals surface area contributed by atoms with Crippen LogP contribution in [0.1, 0.15) is 12.5 Å². The zero-order valence-corrected chi connectivity index (χ0v) is 11.0. The lowest BCUT2D eigenvalue weighted by atomic mass is 10.2. The number of aromatic nitrogens is 1. The third kappa shape index (κ3) is 3.60. The SMILES string of the molecule is C=CCN(C(=C)c1ccc(Cl)nc1)C(=O)OCC. The standard InChI is InChI=1S/C13H15ClN2O2/c1-4-8-16(13(17)18-5-2)10(3)11-6-7-12(14)15-9-11/h4,6-7,9H,1,3,5,8H2,2H3. The third-order valence-corrected chi connectivity index (χ3v) is 2.41. The number of ether oxygens (including phenoxy) is 1. The van der Waals surface area contributed by atoms with Crippen molar-refractivity contribution in [2.45, 2.75) is 6.92 Å². The molecule has 18 heavy (non-hydrogen) atoms. The van der Waals surface area contributed by atoms with Crippen LogP contribution in [-0.2, 0) is 4.74 Å². The van der Waals surface area contributed by atoms with Gasteiger partial charge in [-0.05, 0) is 19.1 Å². The minimum atomic E-state index is -0.461. The molecular weight excluding hydrogens is 252 g/mol. The first kappa shape index (κ1) is 14.3. The van der Waals surface area contributed by atoms with E-state index in [-0.39, 0.29) is 0 Å². The fourth-order valence-corrected chi connectivity index (χ4v) is 1.44. The number of carbonyl (C=O) groups excluding carboxylic acids is 1. The van der Waals surface area contributed by atoms with Crippen LogP contribution in [0.5, 0.6) is 0 Å². The average molecular weight is 267 g/mol. The van der Waals surface area contributed by atoms with E-state index in [1.807, 2.05) is 0 Å². The summed E-state index contributed by atoms with van der Waals surface area (Å²) < 4.78 is 4.95. The second-order valence-corrected chi connectivity index (χ2v) is 3.80. The van der Waals surface area contributed by atoms with Gasteiger partial charge in [0.05, 0.1) is 6.61 Å². The number of hydrogen-bond donors (Lipinski definition) is 0. The minimum Gasteiger partial charge on any atom is -0.449 e. The highest BCUT2D eigenvalue weighted by Gasteiger charge is 2.17. The highest BCUT2D eigenvalue weighted by molar-refractivity contribution is 6.29. The van der Waals surface area contributed by atoms with Crippen molar-refractivity contribution in [1.82, 2.24) is 9.88 Å². The van der Waals surface area contributed by atoms with E-state index in [2.05, 4.69) is 18.1 Å². The number of rotatable bonds is 5. The molecule has 1 aromatic rings. The van der Waals surface area contributed by atoms with Crippen molar-refractivity contribution < 1.29 is 9.53 Å². The van der Waals surface area contributed by atoms with E-state index in [9.17, 15) is 4.79 Å². The molecule has 0 N–H and O–H groups in total. The summed E-state index contributed by atoms with van der Waals surface area (Å²) in [6.07, 6.45) is 2.70. The Morgan fingerprint density at radius 2 is 2.33 bits per heavy atom. The molecule has 1 amide bonds. The molecule has 0 saturated carbocycles. The highest BCUT2D eigenvalue weighted by Crippen LogP contribution is 2.18. The van der Waals surface area contributed by atoms with Gasteiger partial charge in [-0.2, -0.15) is 0 Å². The summed E-state index contributed by atoms with van der Waals surface area (Å²) in [5.41, 5.74) is 1.20. The summed E-state index contributed by atoms with van der Waals surface area (Å²) in [6.45, 7) is 9.85. The van der Waals surface area contributed by atoms with Crippen LogP contribution in [-0.4, -0.2) is 29.1 Å². The molecule has 0 atom stereocenters. The van der Waals surface area contributed by atoms with Crippen molar-refractivity contribution >= 4 is 23.4 Å². The molecule has 0 saturated heterocycles. The zero-order chi connectivity index (χ0) is 13.5. The minimum absolute atomic E-state index is 0.304. The molecule has 1 heterocycles. The van der Waals surface area contributed by atoms with E-state index in [1.165, 1.54) is 4.90 Å². The maximum atomic E-state index is 11.8. The van der Waals surface area contributed by atoms with Gasteiger partial charge in [-0.1, -0.05) is 24.3 Å². The number of halogens is 1. The van der Waals surface area contributed by atoms with Crippen LogP contribution in [0, 0.1) is 0 Å². The summed E-state index contributed by atoms with van der Waals surface area (Å²) in [4.78, 5) is 17.1. The first-order valence-electron chi connectivity index (χ1n) is 5.46. The second-order valence-electron chi connectivity index (χ2n) is 3.41. The Balaban J connectivity index is 2.91. The molecule has 5 heteroatoms. The van der Waals surface area contributed by atoms with Gasteiger partial charge in [0.2, 0.25) is 0 Å². The van der Waals surface area contributed by atoms with E-state index in [4.69, 9.17) is 16.3 Å². The normalized spacial score (nSPS) is 9.67.